The van der Waals surface area contributed by atoms with Gasteiger partial charge in [-0.15, -0.1) is 11.6 Å². The van der Waals surface area contributed by atoms with Crippen molar-refractivity contribution in [3.05, 3.63) is 28.8 Å². The Morgan fingerprint density at radius 1 is 1.14 bits per heavy atom. The van der Waals surface area contributed by atoms with Crippen molar-refractivity contribution >= 4 is 11.6 Å². The van der Waals surface area contributed by atoms with Gasteiger partial charge in [0.2, 0.25) is 0 Å². The van der Waals surface area contributed by atoms with Crippen molar-refractivity contribution in [3.8, 4) is 5.75 Å². The summed E-state index contributed by atoms with van der Waals surface area (Å²) in [4.78, 5) is 0. The van der Waals surface area contributed by atoms with Crippen LogP contribution in [0.4, 0.5) is 0 Å². The third-order valence-electron chi connectivity index (χ3n) is 2.40. The Morgan fingerprint density at radius 3 is 2.43 bits per heavy atom. The van der Waals surface area contributed by atoms with E-state index >= 15 is 0 Å². The average molecular weight is 213 g/mol. The molecule has 2 heteroatoms. The van der Waals surface area contributed by atoms with Crippen molar-refractivity contribution in [1.29, 1.82) is 0 Å². The molecule has 1 aromatic rings. The lowest BCUT2D eigenvalue weighted by atomic mass is 10.1. The number of ether oxygens (including phenoxy) is 1. The lowest BCUT2D eigenvalue weighted by molar-refractivity contribution is 0.314. The van der Waals surface area contributed by atoms with Crippen molar-refractivity contribution in [3.63, 3.8) is 0 Å². The van der Waals surface area contributed by atoms with Crippen LogP contribution in [-0.2, 0) is 0 Å². The first kappa shape index (κ1) is 11.4. The normalized spacial score (nSPS) is 10.3. The van der Waals surface area contributed by atoms with Gasteiger partial charge in [-0.05, 0) is 43.9 Å². The van der Waals surface area contributed by atoms with Gasteiger partial charge >= 0.3 is 0 Å². The minimum absolute atomic E-state index is 0.657. The molecule has 0 heterocycles. The summed E-state index contributed by atoms with van der Waals surface area (Å²) in [6.45, 7) is 6.97. The Morgan fingerprint density at radius 2 is 1.79 bits per heavy atom. The predicted octanol–water partition coefficient (Wildman–Crippen LogP) is 3.62. The van der Waals surface area contributed by atoms with Gasteiger partial charge in [0.05, 0.1) is 6.61 Å². The van der Waals surface area contributed by atoms with Crippen LogP contribution >= 0.6 is 11.6 Å². The minimum atomic E-state index is 0.657. The van der Waals surface area contributed by atoms with Gasteiger partial charge in [0.1, 0.15) is 5.75 Å². The molecule has 14 heavy (non-hydrogen) atoms. The topological polar surface area (TPSA) is 9.23 Å². The Labute approximate surface area is 91.0 Å². The van der Waals surface area contributed by atoms with Crippen LogP contribution in [0.15, 0.2) is 12.1 Å². The summed E-state index contributed by atoms with van der Waals surface area (Å²) in [5.74, 6) is 1.68. The fourth-order valence-corrected chi connectivity index (χ4v) is 1.49. The van der Waals surface area contributed by atoms with Gasteiger partial charge in [0.15, 0.2) is 0 Å². The lowest BCUT2D eigenvalue weighted by Gasteiger charge is -2.13. The molecule has 0 saturated heterocycles. The first-order valence-electron chi connectivity index (χ1n) is 4.92. The van der Waals surface area contributed by atoms with E-state index in [1.54, 1.807) is 0 Å². The molecular formula is C12H17ClO. The molecule has 0 fully saturated rings. The summed E-state index contributed by atoms with van der Waals surface area (Å²) >= 11 is 5.60. The Kier molecular flexibility index (Phi) is 4.27. The van der Waals surface area contributed by atoms with Crippen molar-refractivity contribution in [1.82, 2.24) is 0 Å². The molecule has 1 aromatic carbocycles. The lowest BCUT2D eigenvalue weighted by Crippen LogP contribution is -2.02. The smallest absolute Gasteiger partial charge is 0.125 e. The quantitative estimate of drug-likeness (QED) is 0.547. The summed E-state index contributed by atoms with van der Waals surface area (Å²) in [5.41, 5.74) is 3.71. The van der Waals surface area contributed by atoms with Crippen LogP contribution in [0.5, 0.6) is 5.75 Å². The van der Waals surface area contributed by atoms with Crippen LogP contribution in [-0.4, -0.2) is 12.5 Å². The van der Waals surface area contributed by atoms with Gasteiger partial charge in [-0.3, -0.25) is 0 Å². The van der Waals surface area contributed by atoms with Crippen molar-refractivity contribution in [2.75, 3.05) is 12.5 Å². The van der Waals surface area contributed by atoms with Crippen molar-refractivity contribution < 1.29 is 4.74 Å². The molecule has 0 aromatic heterocycles. The number of alkyl halides is 1. The molecule has 0 bridgehead atoms. The predicted molar refractivity (Wildman–Crippen MR) is 61.5 cm³/mol. The van der Waals surface area contributed by atoms with Crippen LogP contribution in [0.2, 0.25) is 0 Å². The van der Waals surface area contributed by atoms with Crippen LogP contribution in [0.1, 0.15) is 23.1 Å². The van der Waals surface area contributed by atoms with E-state index in [0.717, 1.165) is 12.2 Å². The number of hydrogen-bond acceptors (Lipinski definition) is 1. The molecule has 0 spiro atoms. The maximum Gasteiger partial charge on any atom is 0.125 e. The van der Waals surface area contributed by atoms with E-state index < -0.39 is 0 Å². The molecule has 0 N–H and O–H groups in total. The zero-order chi connectivity index (χ0) is 10.6. The molecule has 0 atom stereocenters. The van der Waals surface area contributed by atoms with E-state index in [4.69, 9.17) is 16.3 Å². The highest BCUT2D eigenvalue weighted by atomic mass is 35.5. The second kappa shape index (κ2) is 5.26. The zero-order valence-corrected chi connectivity index (χ0v) is 9.82. The third-order valence-corrected chi connectivity index (χ3v) is 2.67. The van der Waals surface area contributed by atoms with E-state index in [9.17, 15) is 0 Å². The fourth-order valence-electron chi connectivity index (χ4n) is 1.38. The first-order chi connectivity index (χ1) is 6.66. The summed E-state index contributed by atoms with van der Waals surface area (Å²) in [5, 5.41) is 0. The minimum Gasteiger partial charge on any atom is -0.493 e. The molecule has 0 aliphatic heterocycles. The number of halogens is 1. The van der Waals surface area contributed by atoms with Crippen molar-refractivity contribution in [2.24, 2.45) is 0 Å². The number of benzene rings is 1. The van der Waals surface area contributed by atoms with E-state index in [2.05, 4.69) is 32.9 Å². The van der Waals surface area contributed by atoms with E-state index in [1.165, 1.54) is 16.7 Å². The second-order valence-electron chi connectivity index (χ2n) is 3.54. The molecule has 0 unspecified atom stereocenters. The summed E-state index contributed by atoms with van der Waals surface area (Å²) in [7, 11) is 0. The molecule has 0 saturated carbocycles. The molecule has 0 aliphatic carbocycles. The van der Waals surface area contributed by atoms with Gasteiger partial charge in [-0.1, -0.05) is 12.1 Å². The molecule has 1 nitrogen and oxygen atoms in total. The standard InChI is InChI=1S/C12H17ClO/c1-9-5-6-10(2)12(11(9)3)14-8-4-7-13/h5-6H,4,7-8H2,1-3H3. The van der Waals surface area contributed by atoms with Crippen molar-refractivity contribution in [2.45, 2.75) is 27.2 Å². The van der Waals surface area contributed by atoms with Crippen LogP contribution in [0.25, 0.3) is 0 Å². The highest BCUT2D eigenvalue weighted by molar-refractivity contribution is 6.17. The number of rotatable bonds is 4. The second-order valence-corrected chi connectivity index (χ2v) is 3.92. The van der Waals surface area contributed by atoms with E-state index in [0.29, 0.717) is 12.5 Å². The Balaban J connectivity index is 2.79. The Bertz CT molecular complexity index is 307. The SMILES string of the molecule is Cc1ccc(C)c(OCCCCl)c1C. The average Bonchev–Trinajstić information content (AvgIpc) is 2.18. The number of aryl methyl sites for hydroxylation is 2. The van der Waals surface area contributed by atoms with Gasteiger partial charge in [-0.2, -0.15) is 0 Å². The van der Waals surface area contributed by atoms with Gasteiger partial charge in [0.25, 0.3) is 0 Å². The van der Waals surface area contributed by atoms with Gasteiger partial charge in [-0.25, -0.2) is 0 Å². The molecule has 0 radical (unpaired) electrons. The highest BCUT2D eigenvalue weighted by Gasteiger charge is 2.05. The van der Waals surface area contributed by atoms with Gasteiger partial charge < -0.3 is 4.74 Å². The molecule has 78 valence electrons. The fraction of sp³-hybridized carbons (Fsp3) is 0.500. The highest BCUT2D eigenvalue weighted by Crippen LogP contribution is 2.25. The maximum absolute atomic E-state index is 5.70. The van der Waals surface area contributed by atoms with Crippen LogP contribution < -0.4 is 4.74 Å². The van der Waals surface area contributed by atoms with E-state index in [1.807, 2.05) is 0 Å². The Hall–Kier alpha value is -0.690. The maximum atomic E-state index is 5.70. The monoisotopic (exact) mass is 212 g/mol. The molecule has 0 aliphatic rings. The molecule has 0 amide bonds. The number of hydrogen-bond donors (Lipinski definition) is 0. The molecule has 1 rings (SSSR count). The summed E-state index contributed by atoms with van der Waals surface area (Å²) in [6, 6.07) is 4.22. The molecular weight excluding hydrogens is 196 g/mol. The summed E-state index contributed by atoms with van der Waals surface area (Å²) in [6.07, 6.45) is 0.897. The van der Waals surface area contributed by atoms with Crippen LogP contribution in [0, 0.1) is 20.8 Å². The van der Waals surface area contributed by atoms with E-state index in [-0.39, 0.29) is 0 Å². The third kappa shape index (κ3) is 2.65. The van der Waals surface area contributed by atoms with Crippen LogP contribution in [0.3, 0.4) is 0 Å². The summed E-state index contributed by atoms with van der Waals surface area (Å²) < 4.78 is 5.70. The zero-order valence-electron chi connectivity index (χ0n) is 9.06. The van der Waals surface area contributed by atoms with Gasteiger partial charge in [0, 0.05) is 5.88 Å². The largest absolute Gasteiger partial charge is 0.493 e. The first-order valence-corrected chi connectivity index (χ1v) is 5.46.